The molecule has 24 heavy (non-hydrogen) atoms. The minimum Gasteiger partial charge on any atom is -0.477 e. The molecule has 3 rings (SSSR count). The van der Waals surface area contributed by atoms with Crippen molar-refractivity contribution < 1.29 is 14.3 Å². The zero-order valence-corrected chi connectivity index (χ0v) is 14.8. The lowest BCUT2D eigenvalue weighted by Gasteiger charge is -2.32. The smallest absolute Gasteiger partial charge is 0.278 e. The summed E-state index contributed by atoms with van der Waals surface area (Å²) in [7, 11) is 1.53. The first kappa shape index (κ1) is 16.6. The van der Waals surface area contributed by atoms with Gasteiger partial charge in [0.25, 0.3) is 17.7 Å². The van der Waals surface area contributed by atoms with Crippen LogP contribution in [0.5, 0.6) is 11.8 Å². The fourth-order valence-corrected chi connectivity index (χ4v) is 3.67. The highest BCUT2D eigenvalue weighted by Gasteiger charge is 2.28. The summed E-state index contributed by atoms with van der Waals surface area (Å²) in [5.74, 6) is 0.747. The van der Waals surface area contributed by atoms with Gasteiger partial charge in [0, 0.05) is 18.9 Å². The molecule has 0 aliphatic carbocycles. The van der Waals surface area contributed by atoms with Crippen molar-refractivity contribution in [1.82, 2.24) is 19.9 Å². The molecule has 2 aromatic heterocycles. The molecule has 1 aliphatic rings. The van der Waals surface area contributed by atoms with Gasteiger partial charge in [0.05, 0.1) is 24.4 Å². The van der Waals surface area contributed by atoms with Crippen LogP contribution < -0.4 is 9.47 Å². The number of likely N-dealkylation sites (tertiary alicyclic amines) is 1. The number of piperidine rings is 1. The van der Waals surface area contributed by atoms with Crippen LogP contribution in [0.15, 0.2) is 12.4 Å². The normalized spacial score (nSPS) is 17.6. The summed E-state index contributed by atoms with van der Waals surface area (Å²) in [6.45, 7) is 5.04. The summed E-state index contributed by atoms with van der Waals surface area (Å²) >= 11 is 1.44. The number of thiazole rings is 1. The highest BCUT2D eigenvalue weighted by atomic mass is 32.1. The highest BCUT2D eigenvalue weighted by Crippen LogP contribution is 2.26. The van der Waals surface area contributed by atoms with Gasteiger partial charge < -0.3 is 14.4 Å². The number of hydrogen-bond acceptors (Lipinski definition) is 7. The Labute approximate surface area is 144 Å². The molecule has 0 saturated carbocycles. The number of carbonyl (C=O) groups excluding carboxylic acids is 1. The third-order valence-corrected chi connectivity index (χ3v) is 4.93. The maximum atomic E-state index is 12.7. The van der Waals surface area contributed by atoms with Crippen LogP contribution in [0.25, 0.3) is 0 Å². The fraction of sp³-hybridized carbons (Fsp3) is 0.500. The monoisotopic (exact) mass is 348 g/mol. The van der Waals surface area contributed by atoms with Crippen molar-refractivity contribution in [2.75, 3.05) is 20.2 Å². The number of aryl methyl sites for hydroxylation is 2. The van der Waals surface area contributed by atoms with Gasteiger partial charge in [-0.25, -0.2) is 15.0 Å². The molecule has 8 heteroatoms. The number of carbonyl (C=O) groups is 1. The fourth-order valence-electron chi connectivity index (χ4n) is 2.78. The molecule has 0 N–H and O–H groups in total. The van der Waals surface area contributed by atoms with E-state index < -0.39 is 0 Å². The maximum Gasteiger partial charge on any atom is 0.278 e. The van der Waals surface area contributed by atoms with Gasteiger partial charge in [0.2, 0.25) is 0 Å². The van der Waals surface area contributed by atoms with Crippen LogP contribution in [0, 0.1) is 13.8 Å². The highest BCUT2D eigenvalue weighted by molar-refractivity contribution is 7.13. The standard InChI is InChI=1S/C16H20N4O3S/c1-10-13(24-11(2)19-10)16(21)20-8-4-5-12(9-20)23-15-14(22-3)17-6-7-18-15/h6-7,12H,4-5,8-9H2,1-3H3. The van der Waals surface area contributed by atoms with Gasteiger partial charge in [-0.05, 0) is 26.7 Å². The molecule has 1 amide bonds. The number of aromatic nitrogens is 3. The van der Waals surface area contributed by atoms with Crippen LogP contribution in [-0.4, -0.2) is 52.1 Å². The van der Waals surface area contributed by atoms with Crippen molar-refractivity contribution in [1.29, 1.82) is 0 Å². The molecular formula is C16H20N4O3S. The van der Waals surface area contributed by atoms with Gasteiger partial charge in [0.15, 0.2) is 0 Å². The van der Waals surface area contributed by atoms with Crippen LogP contribution >= 0.6 is 11.3 Å². The lowest BCUT2D eigenvalue weighted by atomic mass is 10.1. The second-order valence-electron chi connectivity index (χ2n) is 5.65. The van der Waals surface area contributed by atoms with E-state index in [1.807, 2.05) is 18.7 Å². The first-order valence-electron chi connectivity index (χ1n) is 7.83. The van der Waals surface area contributed by atoms with Gasteiger partial charge in [-0.2, -0.15) is 0 Å². The third kappa shape index (κ3) is 3.48. The summed E-state index contributed by atoms with van der Waals surface area (Å²) in [6.07, 6.45) is 4.74. The second-order valence-corrected chi connectivity index (χ2v) is 6.85. The van der Waals surface area contributed by atoms with Crippen LogP contribution in [-0.2, 0) is 0 Å². The lowest BCUT2D eigenvalue weighted by Crippen LogP contribution is -2.44. The molecule has 1 fully saturated rings. The largest absolute Gasteiger partial charge is 0.477 e. The molecule has 0 radical (unpaired) electrons. The van der Waals surface area contributed by atoms with Crippen molar-refractivity contribution in [3.63, 3.8) is 0 Å². The molecule has 0 bridgehead atoms. The molecule has 2 aromatic rings. The Bertz CT molecular complexity index is 734. The van der Waals surface area contributed by atoms with Crippen LogP contribution in [0.4, 0.5) is 0 Å². The topological polar surface area (TPSA) is 77.4 Å². The Balaban J connectivity index is 1.70. The Morgan fingerprint density at radius 2 is 2.04 bits per heavy atom. The lowest BCUT2D eigenvalue weighted by molar-refractivity contribution is 0.0522. The molecule has 1 unspecified atom stereocenters. The number of rotatable bonds is 4. The van der Waals surface area contributed by atoms with E-state index in [0.29, 0.717) is 23.2 Å². The van der Waals surface area contributed by atoms with Gasteiger partial charge in [-0.1, -0.05) is 0 Å². The van der Waals surface area contributed by atoms with Crippen molar-refractivity contribution >= 4 is 17.2 Å². The van der Waals surface area contributed by atoms with Crippen LogP contribution in [0.3, 0.4) is 0 Å². The molecule has 0 spiro atoms. The predicted octanol–water partition coefficient (Wildman–Crippen LogP) is 2.24. The summed E-state index contributed by atoms with van der Waals surface area (Å²) in [5, 5.41) is 0.907. The maximum absolute atomic E-state index is 12.7. The average molecular weight is 348 g/mol. The molecule has 1 atom stereocenters. The van der Waals surface area contributed by atoms with E-state index in [1.54, 1.807) is 12.4 Å². The van der Waals surface area contributed by atoms with Crippen LogP contribution in [0.2, 0.25) is 0 Å². The first-order chi connectivity index (χ1) is 11.6. The summed E-state index contributed by atoms with van der Waals surface area (Å²) in [6, 6.07) is 0. The first-order valence-corrected chi connectivity index (χ1v) is 8.65. The molecule has 0 aromatic carbocycles. The number of methoxy groups -OCH3 is 1. The minimum atomic E-state index is -0.123. The zero-order chi connectivity index (χ0) is 17.1. The third-order valence-electron chi connectivity index (χ3n) is 3.87. The molecule has 1 aliphatic heterocycles. The van der Waals surface area contributed by atoms with E-state index in [0.717, 1.165) is 30.1 Å². The van der Waals surface area contributed by atoms with Crippen molar-refractivity contribution in [2.24, 2.45) is 0 Å². The molecular weight excluding hydrogens is 328 g/mol. The second kappa shape index (κ2) is 7.12. The number of ether oxygens (including phenoxy) is 2. The van der Waals surface area contributed by atoms with E-state index >= 15 is 0 Å². The number of amides is 1. The Kier molecular flexibility index (Phi) is 4.94. The van der Waals surface area contributed by atoms with E-state index in [1.165, 1.54) is 18.4 Å². The Morgan fingerprint density at radius 1 is 1.29 bits per heavy atom. The molecule has 7 nitrogen and oxygen atoms in total. The van der Waals surface area contributed by atoms with E-state index in [-0.39, 0.29) is 12.0 Å². The Morgan fingerprint density at radius 3 is 2.71 bits per heavy atom. The zero-order valence-electron chi connectivity index (χ0n) is 14.0. The molecule has 128 valence electrons. The van der Waals surface area contributed by atoms with Crippen molar-refractivity contribution in [2.45, 2.75) is 32.8 Å². The van der Waals surface area contributed by atoms with Gasteiger partial charge in [-0.3, -0.25) is 4.79 Å². The SMILES string of the molecule is COc1nccnc1OC1CCCN(C(=O)c2sc(C)nc2C)C1. The Hall–Kier alpha value is -2.22. The minimum absolute atomic E-state index is 0.0255. The van der Waals surface area contributed by atoms with E-state index in [2.05, 4.69) is 15.0 Å². The van der Waals surface area contributed by atoms with E-state index in [4.69, 9.17) is 9.47 Å². The van der Waals surface area contributed by atoms with Gasteiger partial charge in [0.1, 0.15) is 11.0 Å². The summed E-state index contributed by atoms with van der Waals surface area (Å²) < 4.78 is 11.1. The summed E-state index contributed by atoms with van der Waals surface area (Å²) in [4.78, 5) is 27.9. The quantitative estimate of drug-likeness (QED) is 0.843. The number of hydrogen-bond donors (Lipinski definition) is 0. The number of nitrogens with zero attached hydrogens (tertiary/aromatic N) is 4. The van der Waals surface area contributed by atoms with Crippen molar-refractivity contribution in [3.8, 4) is 11.8 Å². The van der Waals surface area contributed by atoms with E-state index in [9.17, 15) is 4.79 Å². The van der Waals surface area contributed by atoms with Crippen molar-refractivity contribution in [3.05, 3.63) is 28.0 Å². The molecule has 3 heterocycles. The van der Waals surface area contributed by atoms with Gasteiger partial charge in [-0.15, -0.1) is 11.3 Å². The molecule has 1 saturated heterocycles. The van der Waals surface area contributed by atoms with Crippen LogP contribution in [0.1, 0.15) is 33.2 Å². The summed E-state index contributed by atoms with van der Waals surface area (Å²) in [5.41, 5.74) is 0.793. The van der Waals surface area contributed by atoms with Gasteiger partial charge >= 0.3 is 0 Å². The average Bonchev–Trinajstić information content (AvgIpc) is 2.93. The predicted molar refractivity (Wildman–Crippen MR) is 89.7 cm³/mol.